The van der Waals surface area contributed by atoms with Gasteiger partial charge in [0.1, 0.15) is 11.5 Å². The van der Waals surface area contributed by atoms with E-state index in [-0.39, 0.29) is 5.41 Å². The lowest BCUT2D eigenvalue weighted by Crippen LogP contribution is -2.13. The molecule has 3 aromatic rings. The van der Waals surface area contributed by atoms with Gasteiger partial charge in [-0.25, -0.2) is 0 Å². The van der Waals surface area contributed by atoms with Gasteiger partial charge in [-0.15, -0.1) is 0 Å². The topological polar surface area (TPSA) is 38.7 Å². The Morgan fingerprint density at radius 2 is 1.53 bits per heavy atom. The highest BCUT2D eigenvalue weighted by Gasteiger charge is 2.23. The smallest absolute Gasteiger partial charge is 0.418 e. The van der Waals surface area contributed by atoms with E-state index in [0.717, 1.165) is 36.0 Å². The zero-order valence-corrected chi connectivity index (χ0v) is 22.6. The quantitative estimate of drug-likeness (QED) is 0.314. The Balaban J connectivity index is 1.86. The maximum absolute atomic E-state index is 10.8. The highest BCUT2D eigenvalue weighted by Crippen LogP contribution is 2.42. The summed E-state index contributed by atoms with van der Waals surface area (Å²) >= 11 is 0. The zero-order chi connectivity index (χ0) is 24.9. The van der Waals surface area contributed by atoms with Crippen LogP contribution in [0.1, 0.15) is 74.4 Å². The standard InChI is InChI=1S/C30H39O3P/c1-21(2)12-14-24-15-17-28(26(19-24)20-25-11-9-8-10-23(25)4)32-34(31)33-29-16-13-22(3)18-27(29)30(5,6)7/h8-11,13,15-19,21,31H,12,14,20H2,1-7H3. The minimum atomic E-state index is -2.13. The molecule has 0 radical (unpaired) electrons. The normalized spacial score (nSPS) is 12.6. The van der Waals surface area contributed by atoms with Crippen LogP contribution >= 0.6 is 8.60 Å². The molecule has 1 unspecified atom stereocenters. The molecule has 1 N–H and O–H groups in total. The lowest BCUT2D eigenvalue weighted by molar-refractivity contribution is 0.374. The van der Waals surface area contributed by atoms with Crippen LogP contribution in [-0.4, -0.2) is 4.89 Å². The van der Waals surface area contributed by atoms with Crippen molar-refractivity contribution in [2.24, 2.45) is 5.92 Å². The van der Waals surface area contributed by atoms with Gasteiger partial charge in [0.05, 0.1) is 0 Å². The van der Waals surface area contributed by atoms with Gasteiger partial charge in [-0.1, -0.05) is 88.7 Å². The van der Waals surface area contributed by atoms with Gasteiger partial charge in [-0.05, 0) is 72.4 Å². The first kappa shape index (κ1) is 26.3. The van der Waals surface area contributed by atoms with E-state index in [1.54, 1.807) is 0 Å². The maximum atomic E-state index is 10.8. The third-order valence-electron chi connectivity index (χ3n) is 6.07. The van der Waals surface area contributed by atoms with Crippen molar-refractivity contribution in [1.29, 1.82) is 0 Å². The van der Waals surface area contributed by atoms with Gasteiger partial charge in [0.2, 0.25) is 0 Å². The van der Waals surface area contributed by atoms with Crippen molar-refractivity contribution in [2.75, 3.05) is 0 Å². The SMILES string of the molecule is Cc1ccc(OP(O)Oc2ccc(CCC(C)C)cc2Cc2ccccc2C)c(C(C)(C)C)c1. The molecule has 34 heavy (non-hydrogen) atoms. The van der Waals surface area contributed by atoms with Crippen molar-refractivity contribution in [3.63, 3.8) is 0 Å². The van der Waals surface area contributed by atoms with E-state index >= 15 is 0 Å². The predicted molar refractivity (Wildman–Crippen MR) is 144 cm³/mol. The average molecular weight is 479 g/mol. The summed E-state index contributed by atoms with van der Waals surface area (Å²) in [4.78, 5) is 10.8. The molecule has 0 spiro atoms. The molecule has 0 aliphatic heterocycles. The van der Waals surface area contributed by atoms with Gasteiger partial charge in [-0.3, -0.25) is 0 Å². The summed E-state index contributed by atoms with van der Waals surface area (Å²) in [7, 11) is -2.13. The Morgan fingerprint density at radius 3 is 2.21 bits per heavy atom. The second-order valence-electron chi connectivity index (χ2n) is 10.6. The number of rotatable bonds is 9. The van der Waals surface area contributed by atoms with Crippen molar-refractivity contribution in [2.45, 2.75) is 73.1 Å². The van der Waals surface area contributed by atoms with Crippen LogP contribution in [0.4, 0.5) is 0 Å². The number of hydrogen-bond donors (Lipinski definition) is 1. The molecule has 0 fully saturated rings. The van der Waals surface area contributed by atoms with Crippen LogP contribution in [0, 0.1) is 19.8 Å². The van der Waals surface area contributed by atoms with Crippen molar-refractivity contribution in [1.82, 2.24) is 0 Å². The van der Waals surface area contributed by atoms with Crippen LogP contribution in [0.25, 0.3) is 0 Å². The second kappa shape index (κ2) is 11.4. The lowest BCUT2D eigenvalue weighted by Gasteiger charge is -2.24. The third-order valence-corrected chi connectivity index (χ3v) is 6.78. The Morgan fingerprint density at radius 1 is 0.853 bits per heavy atom. The fourth-order valence-corrected chi connectivity index (χ4v) is 4.69. The first-order valence-corrected chi connectivity index (χ1v) is 13.3. The summed E-state index contributed by atoms with van der Waals surface area (Å²) in [6.45, 7) is 15.1. The highest BCUT2D eigenvalue weighted by molar-refractivity contribution is 7.41. The minimum absolute atomic E-state index is 0.106. The van der Waals surface area contributed by atoms with Gasteiger partial charge in [-0.2, -0.15) is 0 Å². The molecular formula is C30H39O3P. The Hall–Kier alpha value is -2.35. The minimum Gasteiger partial charge on any atom is -0.418 e. The first-order valence-electron chi connectivity index (χ1n) is 12.2. The molecule has 3 aromatic carbocycles. The Kier molecular flexibility index (Phi) is 8.79. The first-order chi connectivity index (χ1) is 16.0. The predicted octanol–water partition coefficient (Wildman–Crippen LogP) is 8.46. The van der Waals surface area contributed by atoms with Crippen LogP contribution < -0.4 is 9.05 Å². The molecular weight excluding hydrogens is 439 g/mol. The molecule has 182 valence electrons. The van der Waals surface area contributed by atoms with Gasteiger partial charge < -0.3 is 13.9 Å². The molecule has 0 saturated carbocycles. The summed E-state index contributed by atoms with van der Waals surface area (Å²) < 4.78 is 12.0. The zero-order valence-electron chi connectivity index (χ0n) is 21.7. The van der Waals surface area contributed by atoms with Crippen LogP contribution in [-0.2, 0) is 18.3 Å². The molecule has 1 atom stereocenters. The summed E-state index contributed by atoms with van der Waals surface area (Å²) in [6, 6.07) is 20.8. The van der Waals surface area contributed by atoms with Crippen molar-refractivity contribution >= 4 is 8.60 Å². The fourth-order valence-electron chi connectivity index (χ4n) is 3.98. The monoisotopic (exact) mass is 478 g/mol. The largest absolute Gasteiger partial charge is 0.460 e. The molecule has 0 amide bonds. The molecule has 0 heterocycles. The Labute approximate surface area is 207 Å². The average Bonchev–Trinajstić information content (AvgIpc) is 2.76. The third kappa shape index (κ3) is 7.32. The van der Waals surface area contributed by atoms with E-state index in [0.29, 0.717) is 17.4 Å². The van der Waals surface area contributed by atoms with E-state index in [4.69, 9.17) is 9.05 Å². The fraction of sp³-hybridized carbons (Fsp3) is 0.400. The Bertz CT molecular complexity index is 1100. The number of benzene rings is 3. The van der Waals surface area contributed by atoms with Crippen molar-refractivity contribution in [3.05, 3.63) is 94.0 Å². The van der Waals surface area contributed by atoms with Gasteiger partial charge >= 0.3 is 8.60 Å². The molecule has 0 aromatic heterocycles. The van der Waals surface area contributed by atoms with Gasteiger partial charge in [0.15, 0.2) is 0 Å². The molecule has 3 nitrogen and oxygen atoms in total. The van der Waals surface area contributed by atoms with Crippen molar-refractivity contribution < 1.29 is 13.9 Å². The molecule has 0 aliphatic carbocycles. The molecule has 3 rings (SSSR count). The van der Waals surface area contributed by atoms with Gasteiger partial charge in [0.25, 0.3) is 0 Å². The van der Waals surface area contributed by atoms with Crippen molar-refractivity contribution in [3.8, 4) is 11.5 Å². The summed E-state index contributed by atoms with van der Waals surface area (Å²) in [6.07, 6.45) is 2.92. The molecule has 0 saturated heterocycles. The summed E-state index contributed by atoms with van der Waals surface area (Å²) in [5, 5.41) is 0. The van der Waals surface area contributed by atoms with E-state index in [1.165, 1.54) is 16.7 Å². The van der Waals surface area contributed by atoms with E-state index < -0.39 is 8.60 Å². The van der Waals surface area contributed by atoms with Crippen LogP contribution in [0.5, 0.6) is 11.5 Å². The van der Waals surface area contributed by atoms with E-state index in [9.17, 15) is 4.89 Å². The number of hydrogen-bond acceptors (Lipinski definition) is 3. The van der Waals surface area contributed by atoms with E-state index in [1.807, 2.05) is 18.2 Å². The maximum Gasteiger partial charge on any atom is 0.460 e. The van der Waals surface area contributed by atoms with Crippen LogP contribution in [0.2, 0.25) is 0 Å². The molecule has 0 aliphatic rings. The van der Waals surface area contributed by atoms with Gasteiger partial charge in [0, 0.05) is 12.0 Å². The summed E-state index contributed by atoms with van der Waals surface area (Å²) in [5.74, 6) is 2.00. The van der Waals surface area contributed by atoms with Crippen LogP contribution in [0.3, 0.4) is 0 Å². The highest BCUT2D eigenvalue weighted by atomic mass is 31.2. The second-order valence-corrected chi connectivity index (χ2v) is 11.5. The molecule has 4 heteroatoms. The van der Waals surface area contributed by atoms with Crippen LogP contribution in [0.15, 0.2) is 60.7 Å². The van der Waals surface area contributed by atoms with E-state index in [2.05, 4.69) is 90.9 Å². The summed E-state index contributed by atoms with van der Waals surface area (Å²) in [5.41, 5.74) is 6.98. The lowest BCUT2D eigenvalue weighted by atomic mass is 9.85. The number of aryl methyl sites for hydroxylation is 3. The molecule has 0 bridgehead atoms.